The first kappa shape index (κ1) is 10.7. The summed E-state index contributed by atoms with van der Waals surface area (Å²) in [6.07, 6.45) is 3.61. The molecule has 1 fully saturated rings. The summed E-state index contributed by atoms with van der Waals surface area (Å²) in [6.45, 7) is 3.74. The number of pyridine rings is 1. The largest absolute Gasteiger partial charge is 0.396 e. The van der Waals surface area contributed by atoms with E-state index in [0.29, 0.717) is 0 Å². The maximum Gasteiger partial charge on any atom is 0.152 e. The van der Waals surface area contributed by atoms with E-state index in [0.717, 1.165) is 43.0 Å². The van der Waals surface area contributed by atoms with Crippen LogP contribution in [0.4, 0.5) is 11.5 Å². The highest BCUT2D eigenvalue weighted by atomic mass is 15.2. The van der Waals surface area contributed by atoms with Crippen molar-refractivity contribution in [1.29, 1.82) is 5.26 Å². The maximum atomic E-state index is 8.84. The quantitative estimate of drug-likeness (QED) is 0.776. The van der Waals surface area contributed by atoms with E-state index >= 15 is 0 Å². The van der Waals surface area contributed by atoms with Gasteiger partial charge in [0.05, 0.1) is 11.8 Å². The Balaban J connectivity index is 2.15. The molecule has 0 unspecified atom stereocenters. The van der Waals surface area contributed by atoms with E-state index in [1.54, 1.807) is 6.20 Å². The normalized spacial score (nSPS) is 17.1. The highest BCUT2D eigenvalue weighted by Crippen LogP contribution is 2.27. The zero-order chi connectivity index (χ0) is 11.5. The molecule has 2 heterocycles. The summed E-state index contributed by atoms with van der Waals surface area (Å²) in [6, 6.07) is 4.24. The molecule has 0 atom stereocenters. The van der Waals surface area contributed by atoms with E-state index in [4.69, 9.17) is 11.0 Å². The molecule has 0 aromatic carbocycles. The summed E-state index contributed by atoms with van der Waals surface area (Å²) in [4.78, 5) is 6.51. The minimum absolute atomic E-state index is 0.197. The van der Waals surface area contributed by atoms with Gasteiger partial charge in [-0.2, -0.15) is 5.26 Å². The van der Waals surface area contributed by atoms with Gasteiger partial charge in [-0.1, -0.05) is 0 Å². The molecule has 0 spiro atoms. The van der Waals surface area contributed by atoms with Crippen molar-refractivity contribution in [1.82, 2.24) is 4.98 Å². The van der Waals surface area contributed by atoms with Gasteiger partial charge in [0.2, 0.25) is 0 Å². The first-order valence-electron chi connectivity index (χ1n) is 5.58. The van der Waals surface area contributed by atoms with Gasteiger partial charge in [-0.3, -0.25) is 0 Å². The molecule has 1 aromatic heterocycles. The van der Waals surface area contributed by atoms with Gasteiger partial charge >= 0.3 is 0 Å². The third-order valence-corrected chi connectivity index (χ3v) is 3.16. The zero-order valence-corrected chi connectivity index (χ0v) is 9.48. The van der Waals surface area contributed by atoms with Crippen molar-refractivity contribution in [2.24, 2.45) is 5.92 Å². The van der Waals surface area contributed by atoms with Crippen molar-refractivity contribution in [3.63, 3.8) is 0 Å². The summed E-state index contributed by atoms with van der Waals surface area (Å²) in [5, 5.41) is 8.84. The number of aromatic nitrogens is 1. The first-order valence-corrected chi connectivity index (χ1v) is 5.58. The summed E-state index contributed by atoms with van der Waals surface area (Å²) in [5.74, 6) is 1.07. The predicted molar refractivity (Wildman–Crippen MR) is 63.9 cm³/mol. The fourth-order valence-electron chi connectivity index (χ4n) is 2.03. The van der Waals surface area contributed by atoms with Crippen LogP contribution in [-0.4, -0.2) is 18.1 Å². The van der Waals surface area contributed by atoms with Gasteiger partial charge in [0, 0.05) is 25.2 Å². The molecular formula is C12H16N4. The van der Waals surface area contributed by atoms with Crippen molar-refractivity contribution < 1.29 is 0 Å². The molecule has 16 heavy (non-hydrogen) atoms. The Hall–Kier alpha value is -1.76. The molecule has 0 saturated carbocycles. The molecule has 2 N–H and O–H groups in total. The summed E-state index contributed by atoms with van der Waals surface area (Å²) >= 11 is 0. The van der Waals surface area contributed by atoms with Crippen LogP contribution in [0.1, 0.15) is 18.4 Å². The topological polar surface area (TPSA) is 65.9 Å². The summed E-state index contributed by atoms with van der Waals surface area (Å²) in [7, 11) is 0. The van der Waals surface area contributed by atoms with Crippen molar-refractivity contribution in [2.45, 2.75) is 19.8 Å². The molecule has 0 bridgehead atoms. The van der Waals surface area contributed by atoms with Crippen LogP contribution in [0, 0.1) is 24.2 Å². The molecule has 4 nitrogen and oxygen atoms in total. The number of anilines is 2. The lowest BCUT2D eigenvalue weighted by molar-refractivity contribution is 0.485. The SMILES string of the molecule is Cc1ccnc(N2CCC(C#N)CC2)c1N. The summed E-state index contributed by atoms with van der Waals surface area (Å²) < 4.78 is 0. The average molecular weight is 216 g/mol. The molecule has 1 saturated heterocycles. The van der Waals surface area contributed by atoms with Gasteiger partial charge in [-0.15, -0.1) is 0 Å². The van der Waals surface area contributed by atoms with E-state index in [1.807, 2.05) is 13.0 Å². The fraction of sp³-hybridized carbons (Fsp3) is 0.500. The molecule has 1 aliphatic heterocycles. The number of rotatable bonds is 1. The van der Waals surface area contributed by atoms with Crippen LogP contribution in [-0.2, 0) is 0 Å². The maximum absolute atomic E-state index is 8.84. The van der Waals surface area contributed by atoms with E-state index in [2.05, 4.69) is 16.0 Å². The van der Waals surface area contributed by atoms with E-state index in [1.165, 1.54) is 0 Å². The third-order valence-electron chi connectivity index (χ3n) is 3.16. The zero-order valence-electron chi connectivity index (χ0n) is 9.48. The Kier molecular flexibility index (Phi) is 2.95. The molecule has 0 radical (unpaired) electrons. The van der Waals surface area contributed by atoms with Crippen molar-refractivity contribution in [3.05, 3.63) is 17.8 Å². The molecule has 2 rings (SSSR count). The molecular weight excluding hydrogens is 200 g/mol. The number of nitrogens with two attached hydrogens (primary N) is 1. The van der Waals surface area contributed by atoms with Gasteiger partial charge < -0.3 is 10.6 Å². The Morgan fingerprint density at radius 2 is 2.19 bits per heavy atom. The lowest BCUT2D eigenvalue weighted by Crippen LogP contribution is -2.34. The lowest BCUT2D eigenvalue weighted by Gasteiger charge is -2.31. The number of nitriles is 1. The van der Waals surface area contributed by atoms with Gasteiger partial charge in [0.25, 0.3) is 0 Å². The monoisotopic (exact) mass is 216 g/mol. The number of nitrogen functional groups attached to an aromatic ring is 1. The standard InChI is InChI=1S/C12H16N4/c1-9-2-5-15-12(11(9)14)16-6-3-10(8-13)4-7-16/h2,5,10H,3-4,6-7,14H2,1H3. The number of piperidine rings is 1. The number of hydrogen-bond donors (Lipinski definition) is 1. The van der Waals surface area contributed by atoms with E-state index < -0.39 is 0 Å². The second-order valence-corrected chi connectivity index (χ2v) is 4.26. The Morgan fingerprint density at radius 1 is 1.50 bits per heavy atom. The predicted octanol–water partition coefficient (Wildman–Crippen LogP) is 1.71. The summed E-state index contributed by atoms with van der Waals surface area (Å²) in [5.41, 5.74) is 7.84. The van der Waals surface area contributed by atoms with E-state index in [9.17, 15) is 0 Å². The molecule has 4 heteroatoms. The lowest BCUT2D eigenvalue weighted by atomic mass is 9.98. The van der Waals surface area contributed by atoms with Crippen LogP contribution >= 0.6 is 0 Å². The van der Waals surface area contributed by atoms with Crippen LogP contribution < -0.4 is 10.6 Å². The highest BCUT2D eigenvalue weighted by Gasteiger charge is 2.21. The minimum Gasteiger partial charge on any atom is -0.396 e. The molecule has 84 valence electrons. The average Bonchev–Trinajstić information content (AvgIpc) is 2.33. The van der Waals surface area contributed by atoms with Crippen LogP contribution in [0.2, 0.25) is 0 Å². The minimum atomic E-state index is 0.197. The molecule has 0 amide bonds. The number of hydrogen-bond acceptors (Lipinski definition) is 4. The Bertz CT molecular complexity index is 414. The third kappa shape index (κ3) is 1.94. The van der Waals surface area contributed by atoms with Gasteiger partial charge in [0.1, 0.15) is 0 Å². The smallest absolute Gasteiger partial charge is 0.152 e. The number of aryl methyl sites for hydroxylation is 1. The second-order valence-electron chi connectivity index (χ2n) is 4.26. The van der Waals surface area contributed by atoms with Crippen molar-refractivity contribution >= 4 is 11.5 Å². The van der Waals surface area contributed by atoms with Crippen molar-refractivity contribution in [2.75, 3.05) is 23.7 Å². The fourth-order valence-corrected chi connectivity index (χ4v) is 2.03. The van der Waals surface area contributed by atoms with Gasteiger partial charge in [0.15, 0.2) is 5.82 Å². The Morgan fingerprint density at radius 3 is 2.81 bits per heavy atom. The first-order chi connectivity index (χ1) is 7.72. The van der Waals surface area contributed by atoms with Crippen LogP contribution in [0.25, 0.3) is 0 Å². The molecule has 1 aliphatic rings. The second kappa shape index (κ2) is 4.40. The molecule has 0 aliphatic carbocycles. The van der Waals surface area contributed by atoms with Crippen LogP contribution in [0.3, 0.4) is 0 Å². The van der Waals surface area contributed by atoms with Crippen LogP contribution in [0.15, 0.2) is 12.3 Å². The van der Waals surface area contributed by atoms with Crippen LogP contribution in [0.5, 0.6) is 0 Å². The van der Waals surface area contributed by atoms with E-state index in [-0.39, 0.29) is 5.92 Å². The highest BCUT2D eigenvalue weighted by molar-refractivity contribution is 5.66. The molecule has 1 aromatic rings. The number of nitrogens with zero attached hydrogens (tertiary/aromatic N) is 3. The Labute approximate surface area is 95.7 Å². The van der Waals surface area contributed by atoms with Gasteiger partial charge in [-0.05, 0) is 31.4 Å². The van der Waals surface area contributed by atoms with Gasteiger partial charge in [-0.25, -0.2) is 4.98 Å². The van der Waals surface area contributed by atoms with Crippen molar-refractivity contribution in [3.8, 4) is 6.07 Å².